The third-order valence-corrected chi connectivity index (χ3v) is 4.52. The highest BCUT2D eigenvalue weighted by atomic mass is 35.5. The maximum Gasteiger partial charge on any atom is 0.124 e. The number of aromatic nitrogens is 1. The lowest BCUT2D eigenvalue weighted by Gasteiger charge is -2.04. The first kappa shape index (κ1) is 13.4. The van der Waals surface area contributed by atoms with Crippen molar-refractivity contribution in [2.45, 2.75) is 0 Å². The van der Waals surface area contributed by atoms with E-state index in [1.165, 1.54) is 0 Å². The van der Waals surface area contributed by atoms with Crippen molar-refractivity contribution in [3.8, 4) is 10.6 Å². The van der Waals surface area contributed by atoms with Gasteiger partial charge in [0.05, 0.1) is 21.8 Å². The van der Waals surface area contributed by atoms with Gasteiger partial charge in [-0.05, 0) is 36.4 Å². The molecule has 20 heavy (non-hydrogen) atoms. The van der Waals surface area contributed by atoms with Crippen molar-refractivity contribution in [1.82, 2.24) is 4.98 Å². The number of thiazole rings is 1. The van der Waals surface area contributed by atoms with Crippen LogP contribution in [0, 0.1) is 0 Å². The lowest BCUT2D eigenvalue weighted by atomic mass is 10.2. The predicted octanol–water partition coefficient (Wildman–Crippen LogP) is 4.02. The molecule has 3 rings (SSSR count). The van der Waals surface area contributed by atoms with Crippen LogP contribution in [0.1, 0.15) is 0 Å². The number of nitrogens with zero attached hydrogens (tertiary/aromatic N) is 1. The van der Waals surface area contributed by atoms with Crippen molar-refractivity contribution in [2.24, 2.45) is 0 Å². The van der Waals surface area contributed by atoms with Crippen LogP contribution < -0.4 is 5.32 Å². The van der Waals surface area contributed by atoms with Crippen molar-refractivity contribution in [2.75, 3.05) is 18.5 Å². The zero-order valence-electron chi connectivity index (χ0n) is 10.6. The van der Waals surface area contributed by atoms with Gasteiger partial charge in [-0.3, -0.25) is 0 Å². The predicted molar refractivity (Wildman–Crippen MR) is 85.6 cm³/mol. The van der Waals surface area contributed by atoms with E-state index in [2.05, 4.69) is 10.3 Å². The molecule has 0 unspecified atom stereocenters. The fourth-order valence-corrected chi connectivity index (χ4v) is 3.23. The third-order valence-electron chi connectivity index (χ3n) is 2.94. The van der Waals surface area contributed by atoms with Crippen LogP contribution >= 0.6 is 22.9 Å². The monoisotopic (exact) mass is 304 g/mol. The number of halogens is 1. The van der Waals surface area contributed by atoms with Gasteiger partial charge in [-0.2, -0.15) is 0 Å². The Morgan fingerprint density at radius 2 is 1.95 bits per heavy atom. The highest BCUT2D eigenvalue weighted by molar-refractivity contribution is 7.22. The van der Waals surface area contributed by atoms with Gasteiger partial charge in [-0.25, -0.2) is 4.98 Å². The number of fused-ring (bicyclic) bond motifs is 1. The Bertz CT molecular complexity index is 724. The standard InChI is InChI=1S/C15H13ClN2OS/c16-12-2-1-3-13-14(12)20-15(18-13)10-4-6-11(7-5-10)17-8-9-19/h1-7,17,19H,8-9H2. The molecule has 5 heteroatoms. The minimum atomic E-state index is 0.123. The van der Waals surface area contributed by atoms with Gasteiger partial charge in [-0.15, -0.1) is 11.3 Å². The summed E-state index contributed by atoms with van der Waals surface area (Å²) >= 11 is 7.77. The molecular formula is C15H13ClN2OS. The lowest BCUT2D eigenvalue weighted by molar-refractivity contribution is 0.311. The molecule has 3 aromatic rings. The summed E-state index contributed by atoms with van der Waals surface area (Å²) in [6, 6.07) is 13.8. The normalized spacial score (nSPS) is 10.9. The maximum absolute atomic E-state index is 8.78. The first-order chi connectivity index (χ1) is 9.78. The number of anilines is 1. The number of rotatable bonds is 4. The van der Waals surface area contributed by atoms with E-state index >= 15 is 0 Å². The Balaban J connectivity index is 1.92. The van der Waals surface area contributed by atoms with Crippen LogP contribution in [0.25, 0.3) is 20.8 Å². The molecule has 0 saturated carbocycles. The van der Waals surface area contributed by atoms with Gasteiger partial charge in [0.15, 0.2) is 0 Å². The fourth-order valence-electron chi connectivity index (χ4n) is 1.97. The Hall–Kier alpha value is -1.62. The highest BCUT2D eigenvalue weighted by Gasteiger charge is 2.08. The molecule has 0 amide bonds. The summed E-state index contributed by atoms with van der Waals surface area (Å²) in [6.07, 6.45) is 0. The number of benzene rings is 2. The molecule has 2 N–H and O–H groups in total. The van der Waals surface area contributed by atoms with E-state index in [9.17, 15) is 0 Å². The zero-order valence-corrected chi connectivity index (χ0v) is 12.2. The Morgan fingerprint density at radius 1 is 1.15 bits per heavy atom. The summed E-state index contributed by atoms with van der Waals surface area (Å²) < 4.78 is 1.02. The largest absolute Gasteiger partial charge is 0.395 e. The smallest absolute Gasteiger partial charge is 0.124 e. The van der Waals surface area contributed by atoms with Gasteiger partial charge >= 0.3 is 0 Å². The molecule has 2 aromatic carbocycles. The summed E-state index contributed by atoms with van der Waals surface area (Å²) in [5.41, 5.74) is 2.98. The minimum Gasteiger partial charge on any atom is -0.395 e. The summed E-state index contributed by atoms with van der Waals surface area (Å²) in [7, 11) is 0. The van der Waals surface area contributed by atoms with Gasteiger partial charge in [-0.1, -0.05) is 17.7 Å². The van der Waals surface area contributed by atoms with Crippen LogP contribution in [0.2, 0.25) is 5.02 Å². The first-order valence-corrected chi connectivity index (χ1v) is 7.47. The Kier molecular flexibility index (Phi) is 3.87. The van der Waals surface area contributed by atoms with Crippen LogP contribution in [0.3, 0.4) is 0 Å². The number of nitrogens with one attached hydrogen (secondary N) is 1. The molecule has 1 aromatic heterocycles. The van der Waals surface area contributed by atoms with E-state index in [4.69, 9.17) is 16.7 Å². The van der Waals surface area contributed by atoms with Gasteiger partial charge in [0.1, 0.15) is 5.01 Å². The summed E-state index contributed by atoms with van der Waals surface area (Å²) in [5, 5.41) is 13.6. The summed E-state index contributed by atoms with van der Waals surface area (Å²) in [6.45, 7) is 0.675. The van der Waals surface area contributed by atoms with Crippen molar-refractivity contribution in [1.29, 1.82) is 0 Å². The van der Waals surface area contributed by atoms with Gasteiger partial charge < -0.3 is 10.4 Å². The van der Waals surface area contributed by atoms with Gasteiger partial charge in [0.25, 0.3) is 0 Å². The molecule has 0 saturated heterocycles. The van der Waals surface area contributed by atoms with Crippen molar-refractivity contribution in [3.63, 3.8) is 0 Å². The zero-order chi connectivity index (χ0) is 13.9. The first-order valence-electron chi connectivity index (χ1n) is 6.28. The van der Waals surface area contributed by atoms with E-state index in [1.54, 1.807) is 11.3 Å². The Labute approximate surface area is 125 Å². The van der Waals surface area contributed by atoms with Gasteiger partial charge in [0.2, 0.25) is 0 Å². The average Bonchev–Trinajstić information content (AvgIpc) is 2.91. The van der Waals surface area contributed by atoms with Gasteiger partial charge in [0, 0.05) is 17.8 Å². The molecule has 0 fully saturated rings. The van der Waals surface area contributed by atoms with Crippen molar-refractivity contribution >= 4 is 38.8 Å². The number of aliphatic hydroxyl groups excluding tert-OH is 1. The van der Waals surface area contributed by atoms with E-state index in [1.807, 2.05) is 42.5 Å². The molecule has 0 bridgehead atoms. The second-order valence-corrected chi connectivity index (χ2v) is 5.74. The molecule has 3 nitrogen and oxygen atoms in total. The maximum atomic E-state index is 8.78. The van der Waals surface area contributed by atoms with E-state index in [0.717, 1.165) is 31.5 Å². The number of hydrogen-bond donors (Lipinski definition) is 2. The molecule has 0 radical (unpaired) electrons. The molecule has 0 aliphatic rings. The van der Waals surface area contributed by atoms with Crippen LogP contribution in [-0.2, 0) is 0 Å². The molecule has 0 atom stereocenters. The summed E-state index contributed by atoms with van der Waals surface area (Å²) in [5.74, 6) is 0. The third kappa shape index (κ3) is 2.63. The van der Waals surface area contributed by atoms with Crippen LogP contribution in [-0.4, -0.2) is 23.2 Å². The van der Waals surface area contributed by atoms with E-state index in [-0.39, 0.29) is 6.61 Å². The lowest BCUT2D eigenvalue weighted by Crippen LogP contribution is -2.04. The number of hydrogen-bond acceptors (Lipinski definition) is 4. The summed E-state index contributed by atoms with van der Waals surface area (Å²) in [4.78, 5) is 4.61. The molecule has 0 aliphatic heterocycles. The van der Waals surface area contributed by atoms with Crippen LogP contribution in [0.15, 0.2) is 42.5 Å². The average molecular weight is 305 g/mol. The van der Waals surface area contributed by atoms with E-state index in [0.29, 0.717) is 6.54 Å². The fraction of sp³-hybridized carbons (Fsp3) is 0.133. The molecule has 0 aliphatic carbocycles. The quantitative estimate of drug-likeness (QED) is 0.765. The molecule has 1 heterocycles. The van der Waals surface area contributed by atoms with Crippen LogP contribution in [0.5, 0.6) is 0 Å². The second kappa shape index (κ2) is 5.79. The van der Waals surface area contributed by atoms with Crippen molar-refractivity contribution < 1.29 is 5.11 Å². The second-order valence-electron chi connectivity index (χ2n) is 4.33. The Morgan fingerprint density at radius 3 is 2.65 bits per heavy atom. The highest BCUT2D eigenvalue weighted by Crippen LogP contribution is 2.34. The molecule has 102 valence electrons. The topological polar surface area (TPSA) is 45.1 Å². The molecule has 0 spiro atoms. The SMILES string of the molecule is OCCNc1ccc(-c2nc3cccc(Cl)c3s2)cc1. The van der Waals surface area contributed by atoms with Crippen molar-refractivity contribution in [3.05, 3.63) is 47.5 Å². The molecular weight excluding hydrogens is 292 g/mol. The minimum absolute atomic E-state index is 0.123. The van der Waals surface area contributed by atoms with Crippen LogP contribution in [0.4, 0.5) is 5.69 Å². The van der Waals surface area contributed by atoms with E-state index < -0.39 is 0 Å². The number of aliphatic hydroxyl groups is 1.